The van der Waals surface area contributed by atoms with Crippen LogP contribution >= 0.6 is 0 Å². The summed E-state index contributed by atoms with van der Waals surface area (Å²) in [6, 6.07) is 11.1. The summed E-state index contributed by atoms with van der Waals surface area (Å²) < 4.78 is 2.99. The van der Waals surface area contributed by atoms with E-state index in [9.17, 15) is 9.59 Å². The Morgan fingerprint density at radius 1 is 1.10 bits per heavy atom. The standard InChI is InChI=1S/C22H27N5O2/c1-5-7-19-13-21(29)26(22(24-19)27-16(4)12-15(3)25-27)14-20(28)23-18-10-8-17(6-2)9-11-18/h8-13H,5-7,14H2,1-4H3,(H,23,28). The SMILES string of the molecule is CCCc1cc(=O)n(CC(=O)Nc2ccc(CC)cc2)c(-n2nc(C)cc2C)n1. The lowest BCUT2D eigenvalue weighted by molar-refractivity contribution is -0.116. The Hall–Kier alpha value is -3.22. The molecule has 0 aliphatic rings. The molecule has 0 aliphatic heterocycles. The van der Waals surface area contributed by atoms with Crippen molar-refractivity contribution in [1.82, 2.24) is 19.3 Å². The van der Waals surface area contributed by atoms with Gasteiger partial charge >= 0.3 is 0 Å². The largest absolute Gasteiger partial charge is 0.325 e. The molecule has 0 bridgehead atoms. The second kappa shape index (κ2) is 8.86. The topological polar surface area (TPSA) is 81.8 Å². The summed E-state index contributed by atoms with van der Waals surface area (Å²) in [5, 5.41) is 7.31. The molecular formula is C22H27N5O2. The summed E-state index contributed by atoms with van der Waals surface area (Å²) in [5.41, 5.74) is 4.01. The number of aromatic nitrogens is 4. The van der Waals surface area contributed by atoms with Crippen molar-refractivity contribution >= 4 is 11.6 Å². The highest BCUT2D eigenvalue weighted by molar-refractivity contribution is 5.90. The molecule has 1 aromatic carbocycles. The van der Waals surface area contributed by atoms with Crippen LogP contribution in [0.3, 0.4) is 0 Å². The van der Waals surface area contributed by atoms with Crippen LogP contribution in [0, 0.1) is 13.8 Å². The van der Waals surface area contributed by atoms with Gasteiger partial charge < -0.3 is 5.32 Å². The Bertz CT molecular complexity index is 1060. The van der Waals surface area contributed by atoms with E-state index in [4.69, 9.17) is 0 Å². The Balaban J connectivity index is 1.93. The van der Waals surface area contributed by atoms with E-state index in [0.717, 1.165) is 24.2 Å². The Kier molecular flexibility index (Phi) is 6.26. The summed E-state index contributed by atoms with van der Waals surface area (Å²) in [7, 11) is 0. The average molecular weight is 393 g/mol. The third-order valence-electron chi connectivity index (χ3n) is 4.69. The summed E-state index contributed by atoms with van der Waals surface area (Å²) in [4.78, 5) is 30.1. The van der Waals surface area contributed by atoms with Crippen molar-refractivity contribution in [3.8, 4) is 5.95 Å². The summed E-state index contributed by atoms with van der Waals surface area (Å²) in [6.07, 6.45) is 2.50. The normalized spacial score (nSPS) is 10.9. The van der Waals surface area contributed by atoms with E-state index >= 15 is 0 Å². The summed E-state index contributed by atoms with van der Waals surface area (Å²) >= 11 is 0. The van der Waals surface area contributed by atoms with Gasteiger partial charge in [-0.05, 0) is 50.5 Å². The molecule has 0 saturated heterocycles. The molecule has 0 atom stereocenters. The smallest absolute Gasteiger partial charge is 0.255 e. The quantitative estimate of drug-likeness (QED) is 0.668. The Labute approximate surface area is 170 Å². The monoisotopic (exact) mass is 393 g/mol. The van der Waals surface area contributed by atoms with Crippen molar-refractivity contribution in [2.45, 2.75) is 53.5 Å². The van der Waals surface area contributed by atoms with Crippen molar-refractivity contribution in [2.24, 2.45) is 0 Å². The molecule has 2 aromatic heterocycles. The first-order valence-corrected chi connectivity index (χ1v) is 9.94. The van der Waals surface area contributed by atoms with Gasteiger partial charge in [-0.25, -0.2) is 9.67 Å². The van der Waals surface area contributed by atoms with Crippen LogP contribution in [0.15, 0.2) is 41.2 Å². The van der Waals surface area contributed by atoms with Crippen LogP contribution in [-0.2, 0) is 24.2 Å². The molecule has 3 aromatic rings. The van der Waals surface area contributed by atoms with Gasteiger partial charge in [0.1, 0.15) is 6.54 Å². The van der Waals surface area contributed by atoms with Crippen molar-refractivity contribution in [3.05, 3.63) is 69.4 Å². The number of anilines is 1. The first kappa shape index (κ1) is 20.5. The van der Waals surface area contributed by atoms with Gasteiger partial charge in [0.2, 0.25) is 11.9 Å². The summed E-state index contributed by atoms with van der Waals surface area (Å²) in [6.45, 7) is 7.76. The first-order chi connectivity index (χ1) is 13.9. The molecule has 0 aliphatic carbocycles. The van der Waals surface area contributed by atoms with E-state index in [-0.39, 0.29) is 18.0 Å². The highest BCUT2D eigenvalue weighted by Gasteiger charge is 2.16. The third kappa shape index (κ3) is 4.80. The minimum atomic E-state index is -0.288. The molecule has 7 heteroatoms. The molecular weight excluding hydrogens is 366 g/mol. The molecule has 3 rings (SSSR count). The van der Waals surface area contributed by atoms with Gasteiger partial charge in [-0.1, -0.05) is 32.4 Å². The van der Waals surface area contributed by atoms with Crippen LogP contribution in [0.5, 0.6) is 0 Å². The van der Waals surface area contributed by atoms with Gasteiger partial charge in [0.15, 0.2) is 0 Å². The number of aryl methyl sites for hydroxylation is 4. The number of rotatable bonds is 7. The van der Waals surface area contributed by atoms with Crippen LogP contribution < -0.4 is 10.9 Å². The average Bonchev–Trinajstić information content (AvgIpc) is 3.02. The van der Waals surface area contributed by atoms with Crippen molar-refractivity contribution in [3.63, 3.8) is 0 Å². The second-order valence-corrected chi connectivity index (χ2v) is 7.16. The number of carbonyl (C=O) groups excluding carboxylic acids is 1. The molecule has 0 radical (unpaired) electrons. The molecule has 29 heavy (non-hydrogen) atoms. The molecule has 152 valence electrons. The van der Waals surface area contributed by atoms with Crippen LogP contribution in [0.25, 0.3) is 5.95 Å². The van der Waals surface area contributed by atoms with Gasteiger partial charge in [-0.15, -0.1) is 0 Å². The molecule has 2 heterocycles. The highest BCUT2D eigenvalue weighted by atomic mass is 16.2. The minimum Gasteiger partial charge on any atom is -0.325 e. The zero-order chi connectivity index (χ0) is 21.0. The lowest BCUT2D eigenvalue weighted by Gasteiger charge is -2.14. The maximum absolute atomic E-state index is 12.8. The lowest BCUT2D eigenvalue weighted by atomic mass is 10.1. The predicted molar refractivity (Wildman–Crippen MR) is 114 cm³/mol. The van der Waals surface area contributed by atoms with Crippen molar-refractivity contribution in [2.75, 3.05) is 5.32 Å². The number of hydrogen-bond acceptors (Lipinski definition) is 4. The van der Waals surface area contributed by atoms with E-state index in [1.807, 2.05) is 51.1 Å². The highest BCUT2D eigenvalue weighted by Crippen LogP contribution is 2.12. The fourth-order valence-electron chi connectivity index (χ4n) is 3.23. The van der Waals surface area contributed by atoms with Crippen molar-refractivity contribution in [1.29, 1.82) is 0 Å². The number of hydrogen-bond donors (Lipinski definition) is 1. The van der Waals surface area contributed by atoms with Gasteiger partial charge in [0.05, 0.1) is 5.69 Å². The Morgan fingerprint density at radius 2 is 1.83 bits per heavy atom. The second-order valence-electron chi connectivity index (χ2n) is 7.16. The number of benzene rings is 1. The lowest BCUT2D eigenvalue weighted by Crippen LogP contribution is -2.32. The molecule has 7 nitrogen and oxygen atoms in total. The van der Waals surface area contributed by atoms with Crippen LogP contribution in [0.1, 0.15) is 42.9 Å². The van der Waals surface area contributed by atoms with Gasteiger partial charge in [0.25, 0.3) is 5.56 Å². The Morgan fingerprint density at radius 3 is 2.41 bits per heavy atom. The minimum absolute atomic E-state index is 0.137. The van der Waals surface area contributed by atoms with Gasteiger partial charge in [-0.2, -0.15) is 5.10 Å². The van der Waals surface area contributed by atoms with E-state index < -0.39 is 0 Å². The maximum atomic E-state index is 12.8. The fraction of sp³-hybridized carbons (Fsp3) is 0.364. The van der Waals surface area contributed by atoms with E-state index in [0.29, 0.717) is 23.8 Å². The third-order valence-corrected chi connectivity index (χ3v) is 4.69. The molecule has 0 saturated carbocycles. The molecule has 0 unspecified atom stereocenters. The molecule has 0 fully saturated rings. The molecule has 1 N–H and O–H groups in total. The maximum Gasteiger partial charge on any atom is 0.255 e. The van der Waals surface area contributed by atoms with Crippen LogP contribution in [-0.4, -0.2) is 25.2 Å². The number of nitrogens with zero attached hydrogens (tertiary/aromatic N) is 4. The van der Waals surface area contributed by atoms with E-state index in [1.54, 1.807) is 4.68 Å². The van der Waals surface area contributed by atoms with Crippen LogP contribution in [0.2, 0.25) is 0 Å². The number of nitrogens with one attached hydrogen (secondary N) is 1. The van der Waals surface area contributed by atoms with Crippen molar-refractivity contribution < 1.29 is 4.79 Å². The molecule has 1 amide bonds. The first-order valence-electron chi connectivity index (χ1n) is 9.94. The zero-order valence-corrected chi connectivity index (χ0v) is 17.4. The van der Waals surface area contributed by atoms with Crippen LogP contribution in [0.4, 0.5) is 5.69 Å². The van der Waals surface area contributed by atoms with Gasteiger partial charge in [0, 0.05) is 23.1 Å². The number of amides is 1. The fourth-order valence-corrected chi connectivity index (χ4v) is 3.23. The van der Waals surface area contributed by atoms with E-state index in [2.05, 4.69) is 22.3 Å². The summed E-state index contributed by atoms with van der Waals surface area (Å²) in [5.74, 6) is 0.0761. The predicted octanol–water partition coefficient (Wildman–Crippen LogP) is 3.20. The van der Waals surface area contributed by atoms with Gasteiger partial charge in [-0.3, -0.25) is 14.2 Å². The molecule has 0 spiro atoms. The van der Waals surface area contributed by atoms with E-state index in [1.165, 1.54) is 16.2 Å². The number of carbonyl (C=O) groups is 1. The zero-order valence-electron chi connectivity index (χ0n) is 17.4.